The summed E-state index contributed by atoms with van der Waals surface area (Å²) in [6, 6.07) is 3.36. The molecule has 0 radical (unpaired) electrons. The molecule has 2 rings (SSSR count). The average Bonchev–Trinajstić information content (AvgIpc) is 2.99. The molecule has 1 N–H and O–H groups in total. The Kier molecular flexibility index (Phi) is 3.34. The largest absolute Gasteiger partial charge is 0.490 e. The van der Waals surface area contributed by atoms with E-state index >= 15 is 0 Å². The summed E-state index contributed by atoms with van der Waals surface area (Å²) in [5.41, 5.74) is -0.411. The number of ether oxygens (including phenoxy) is 1. The molecule has 5 nitrogen and oxygen atoms in total. The number of aromatic nitrogens is 1. The van der Waals surface area contributed by atoms with Gasteiger partial charge >= 0.3 is 6.09 Å². The van der Waals surface area contributed by atoms with E-state index in [1.165, 1.54) is 11.1 Å². The van der Waals surface area contributed by atoms with E-state index < -0.39 is 11.6 Å². The molecular formula is C12H15ClN2O3. The quantitative estimate of drug-likeness (QED) is 0.854. The SMILES string of the molecule is C[C@@H]1C[C@@]1(COc1ccc(Cl)nc1)N(C)C(=O)O. The van der Waals surface area contributed by atoms with Gasteiger partial charge in [-0.1, -0.05) is 18.5 Å². The van der Waals surface area contributed by atoms with Gasteiger partial charge in [0.1, 0.15) is 17.5 Å². The maximum atomic E-state index is 11.0. The van der Waals surface area contributed by atoms with Crippen LogP contribution in [0.15, 0.2) is 18.3 Å². The van der Waals surface area contributed by atoms with Crippen molar-refractivity contribution in [3.8, 4) is 5.75 Å². The predicted octanol–water partition coefficient (Wildman–Crippen LogP) is 2.50. The van der Waals surface area contributed by atoms with Crippen LogP contribution in [0.1, 0.15) is 13.3 Å². The van der Waals surface area contributed by atoms with Crippen LogP contribution in [0.25, 0.3) is 0 Å². The van der Waals surface area contributed by atoms with Gasteiger partial charge in [0.25, 0.3) is 0 Å². The number of likely N-dealkylation sites (N-methyl/N-ethyl adjacent to an activating group) is 1. The van der Waals surface area contributed by atoms with Gasteiger partial charge < -0.3 is 14.7 Å². The maximum absolute atomic E-state index is 11.0. The predicted molar refractivity (Wildman–Crippen MR) is 67.0 cm³/mol. The van der Waals surface area contributed by atoms with Gasteiger partial charge in [-0.3, -0.25) is 0 Å². The molecule has 6 heteroatoms. The first-order valence-electron chi connectivity index (χ1n) is 5.67. The first-order chi connectivity index (χ1) is 8.45. The first-order valence-corrected chi connectivity index (χ1v) is 6.04. The van der Waals surface area contributed by atoms with Gasteiger partial charge in [-0.05, 0) is 24.5 Å². The fourth-order valence-electron chi connectivity index (χ4n) is 2.08. The van der Waals surface area contributed by atoms with Crippen LogP contribution in [0, 0.1) is 5.92 Å². The van der Waals surface area contributed by atoms with Crippen molar-refractivity contribution < 1.29 is 14.6 Å². The number of hydrogen-bond acceptors (Lipinski definition) is 3. The van der Waals surface area contributed by atoms with Crippen molar-refractivity contribution >= 4 is 17.7 Å². The van der Waals surface area contributed by atoms with Crippen LogP contribution in [0.4, 0.5) is 4.79 Å². The van der Waals surface area contributed by atoms with Gasteiger partial charge in [0.2, 0.25) is 0 Å². The van der Waals surface area contributed by atoms with E-state index in [0.29, 0.717) is 23.4 Å². The fourth-order valence-corrected chi connectivity index (χ4v) is 2.20. The van der Waals surface area contributed by atoms with Crippen LogP contribution in [0.3, 0.4) is 0 Å². The molecule has 98 valence electrons. The molecule has 0 unspecified atom stereocenters. The first kappa shape index (κ1) is 13.0. The molecule has 1 fully saturated rings. The smallest absolute Gasteiger partial charge is 0.407 e. The molecule has 0 spiro atoms. The Balaban J connectivity index is 2.00. The second-order valence-electron chi connectivity index (χ2n) is 4.66. The number of amides is 1. The number of rotatable bonds is 4. The summed E-state index contributed by atoms with van der Waals surface area (Å²) in [6.45, 7) is 2.35. The second-order valence-corrected chi connectivity index (χ2v) is 5.04. The van der Waals surface area contributed by atoms with E-state index in [2.05, 4.69) is 4.98 Å². The van der Waals surface area contributed by atoms with Gasteiger partial charge in [-0.2, -0.15) is 0 Å². The van der Waals surface area contributed by atoms with Crippen LogP contribution in [-0.2, 0) is 0 Å². The Morgan fingerprint density at radius 3 is 2.83 bits per heavy atom. The third-order valence-corrected chi connectivity index (χ3v) is 3.78. The highest BCUT2D eigenvalue weighted by Gasteiger charge is 2.57. The molecule has 1 aliphatic carbocycles. The van der Waals surface area contributed by atoms with Crippen molar-refractivity contribution in [3.05, 3.63) is 23.5 Å². The van der Waals surface area contributed by atoms with E-state index in [4.69, 9.17) is 21.4 Å². The Labute approximate surface area is 110 Å². The fraction of sp³-hybridized carbons (Fsp3) is 0.500. The summed E-state index contributed by atoms with van der Waals surface area (Å²) in [7, 11) is 1.58. The molecule has 1 aliphatic rings. The summed E-state index contributed by atoms with van der Waals surface area (Å²) in [5, 5.41) is 9.45. The minimum absolute atomic E-state index is 0.304. The normalized spacial score (nSPS) is 25.6. The lowest BCUT2D eigenvalue weighted by Crippen LogP contribution is -2.43. The Morgan fingerprint density at radius 2 is 2.39 bits per heavy atom. The summed E-state index contributed by atoms with van der Waals surface area (Å²) in [6.07, 6.45) is 1.41. The number of pyridine rings is 1. The molecule has 0 aliphatic heterocycles. The van der Waals surface area contributed by atoms with E-state index in [1.54, 1.807) is 19.2 Å². The number of halogens is 1. The molecule has 0 aromatic carbocycles. The Hall–Kier alpha value is -1.49. The third-order valence-electron chi connectivity index (χ3n) is 3.56. The molecule has 18 heavy (non-hydrogen) atoms. The average molecular weight is 271 g/mol. The van der Waals surface area contributed by atoms with E-state index in [9.17, 15) is 4.79 Å². The van der Waals surface area contributed by atoms with Gasteiger partial charge in [0.15, 0.2) is 0 Å². The monoisotopic (exact) mass is 270 g/mol. The number of nitrogens with zero attached hydrogens (tertiary/aromatic N) is 2. The summed E-state index contributed by atoms with van der Waals surface area (Å²) in [5.74, 6) is 0.899. The van der Waals surface area contributed by atoms with Gasteiger partial charge in [0, 0.05) is 7.05 Å². The molecule has 0 saturated heterocycles. The van der Waals surface area contributed by atoms with Crippen molar-refractivity contribution in [1.82, 2.24) is 9.88 Å². The summed E-state index contributed by atoms with van der Waals surface area (Å²) >= 11 is 5.68. The minimum atomic E-state index is -0.933. The summed E-state index contributed by atoms with van der Waals surface area (Å²) in [4.78, 5) is 16.3. The zero-order valence-corrected chi connectivity index (χ0v) is 11.0. The Bertz CT molecular complexity index is 451. The second kappa shape index (κ2) is 4.65. The van der Waals surface area contributed by atoms with Crippen LogP contribution < -0.4 is 4.74 Å². The maximum Gasteiger partial charge on any atom is 0.407 e. The lowest BCUT2D eigenvalue weighted by Gasteiger charge is -2.26. The van der Waals surface area contributed by atoms with E-state index in [-0.39, 0.29) is 0 Å². The van der Waals surface area contributed by atoms with E-state index in [0.717, 1.165) is 6.42 Å². The molecule has 1 heterocycles. The highest BCUT2D eigenvalue weighted by Crippen LogP contribution is 2.47. The van der Waals surface area contributed by atoms with Crippen LogP contribution in [0.2, 0.25) is 5.15 Å². The van der Waals surface area contributed by atoms with Gasteiger partial charge in [-0.15, -0.1) is 0 Å². The van der Waals surface area contributed by atoms with E-state index in [1.807, 2.05) is 6.92 Å². The van der Waals surface area contributed by atoms with Crippen LogP contribution in [0.5, 0.6) is 5.75 Å². The molecule has 1 aromatic rings. The molecular weight excluding hydrogens is 256 g/mol. The zero-order chi connectivity index (χ0) is 13.3. The molecule has 1 amide bonds. The van der Waals surface area contributed by atoms with Crippen LogP contribution in [-0.4, -0.2) is 40.3 Å². The molecule has 2 atom stereocenters. The topological polar surface area (TPSA) is 62.7 Å². The lowest BCUT2D eigenvalue weighted by molar-refractivity contribution is 0.103. The highest BCUT2D eigenvalue weighted by molar-refractivity contribution is 6.29. The number of hydrogen-bond donors (Lipinski definition) is 1. The van der Waals surface area contributed by atoms with Crippen LogP contribution >= 0.6 is 11.6 Å². The van der Waals surface area contributed by atoms with Gasteiger partial charge in [-0.25, -0.2) is 9.78 Å². The molecule has 1 saturated carbocycles. The lowest BCUT2D eigenvalue weighted by atomic mass is 10.2. The van der Waals surface area contributed by atoms with Crippen molar-refractivity contribution in [2.24, 2.45) is 5.92 Å². The van der Waals surface area contributed by atoms with Crippen molar-refractivity contribution in [1.29, 1.82) is 0 Å². The third kappa shape index (κ3) is 2.36. The molecule has 1 aromatic heterocycles. The van der Waals surface area contributed by atoms with Crippen molar-refractivity contribution in [3.63, 3.8) is 0 Å². The molecule has 0 bridgehead atoms. The zero-order valence-electron chi connectivity index (χ0n) is 10.3. The van der Waals surface area contributed by atoms with Crippen molar-refractivity contribution in [2.45, 2.75) is 18.9 Å². The Morgan fingerprint density at radius 1 is 1.72 bits per heavy atom. The van der Waals surface area contributed by atoms with Crippen molar-refractivity contribution in [2.75, 3.05) is 13.7 Å². The standard InChI is InChI=1S/C12H15ClN2O3/c1-8-5-12(8,15(2)11(16)17)7-18-9-3-4-10(13)14-6-9/h3-4,6,8H,5,7H2,1-2H3,(H,16,17)/t8-,12+/m1/s1. The summed E-state index contributed by atoms with van der Waals surface area (Å²) < 4.78 is 5.60. The number of carboxylic acid groups (broad SMARTS) is 1. The highest BCUT2D eigenvalue weighted by atomic mass is 35.5. The number of carbonyl (C=O) groups is 1. The van der Waals surface area contributed by atoms with Gasteiger partial charge in [0.05, 0.1) is 11.7 Å². The minimum Gasteiger partial charge on any atom is -0.490 e.